The molecule has 0 fully saturated rings. The third kappa shape index (κ3) is 4.63. The lowest BCUT2D eigenvalue weighted by molar-refractivity contribution is 0.628. The second kappa shape index (κ2) is 9.28. The molecular weight excluding hydrogens is 421 g/mol. The Labute approximate surface area is 183 Å². The molecule has 0 atom stereocenters. The second-order valence-corrected chi connectivity index (χ2v) is 8.03. The summed E-state index contributed by atoms with van der Waals surface area (Å²) < 4.78 is 15.4. The molecule has 0 amide bonds. The molecule has 0 bridgehead atoms. The van der Waals surface area contributed by atoms with E-state index in [1.807, 2.05) is 22.8 Å². The number of rotatable bonds is 7. The van der Waals surface area contributed by atoms with Crippen molar-refractivity contribution in [3.63, 3.8) is 0 Å². The highest BCUT2D eigenvalue weighted by Crippen LogP contribution is 2.30. The second-order valence-electron chi connectivity index (χ2n) is 6.58. The Morgan fingerprint density at radius 2 is 1.77 bits per heavy atom. The van der Waals surface area contributed by atoms with Crippen LogP contribution in [0.2, 0.25) is 5.15 Å². The molecule has 0 spiro atoms. The van der Waals surface area contributed by atoms with E-state index in [0.29, 0.717) is 5.15 Å². The molecule has 3 aromatic heterocycles. The molecule has 4 rings (SSSR count). The van der Waals surface area contributed by atoms with Gasteiger partial charge in [-0.1, -0.05) is 23.4 Å². The van der Waals surface area contributed by atoms with Crippen LogP contribution in [0.25, 0.3) is 16.9 Å². The van der Waals surface area contributed by atoms with Gasteiger partial charge in [0.25, 0.3) is 0 Å². The normalized spacial score (nSPS) is 10.9. The summed E-state index contributed by atoms with van der Waals surface area (Å²) in [5.41, 5.74) is 3.70. The van der Waals surface area contributed by atoms with Gasteiger partial charge in [0.2, 0.25) is 0 Å². The first-order valence-electron chi connectivity index (χ1n) is 9.31. The van der Waals surface area contributed by atoms with Gasteiger partial charge in [0, 0.05) is 43.0 Å². The molecule has 0 aliphatic carbocycles. The van der Waals surface area contributed by atoms with Gasteiger partial charge in [-0.2, -0.15) is 0 Å². The lowest BCUT2D eigenvalue weighted by atomic mass is 10.1. The number of anilines is 1. The average Bonchev–Trinajstić information content (AvgIpc) is 3.19. The Hall–Kier alpha value is -2.90. The number of thioether (sulfide) groups is 1. The fourth-order valence-corrected chi connectivity index (χ4v) is 4.13. The van der Waals surface area contributed by atoms with E-state index in [2.05, 4.69) is 26.9 Å². The number of benzene rings is 1. The maximum absolute atomic E-state index is 13.4. The van der Waals surface area contributed by atoms with Gasteiger partial charge in [-0.15, -0.1) is 0 Å². The molecule has 152 valence electrons. The van der Waals surface area contributed by atoms with Crippen LogP contribution >= 0.6 is 23.4 Å². The lowest BCUT2D eigenvalue weighted by Crippen LogP contribution is -2.20. The van der Waals surface area contributed by atoms with Crippen LogP contribution in [0.15, 0.2) is 78.5 Å². The number of hydrogen-bond acceptors (Lipinski definition) is 5. The molecule has 5 nitrogen and oxygen atoms in total. The van der Waals surface area contributed by atoms with Gasteiger partial charge in [0.05, 0.1) is 23.8 Å². The number of nitrogens with zero attached hydrogens (tertiary/aromatic N) is 5. The van der Waals surface area contributed by atoms with E-state index in [-0.39, 0.29) is 5.82 Å². The van der Waals surface area contributed by atoms with Gasteiger partial charge >= 0.3 is 0 Å². The SMILES string of the molecule is CN(CCSc1ncc(-c2ccc(F)cc2)n1-c1ccc(Cl)nc1)c1ccncc1. The largest absolute Gasteiger partial charge is 0.374 e. The van der Waals surface area contributed by atoms with Crippen LogP contribution in [-0.4, -0.2) is 38.9 Å². The van der Waals surface area contributed by atoms with E-state index < -0.39 is 0 Å². The highest BCUT2D eigenvalue weighted by atomic mass is 35.5. The minimum absolute atomic E-state index is 0.272. The molecule has 0 saturated carbocycles. The molecule has 0 radical (unpaired) electrons. The summed E-state index contributed by atoms with van der Waals surface area (Å²) in [6.07, 6.45) is 7.09. The van der Waals surface area contributed by atoms with Crippen molar-refractivity contribution < 1.29 is 4.39 Å². The van der Waals surface area contributed by atoms with Crippen molar-refractivity contribution in [2.24, 2.45) is 0 Å². The van der Waals surface area contributed by atoms with Crippen molar-refractivity contribution in [1.29, 1.82) is 0 Å². The first kappa shape index (κ1) is 20.4. The Kier molecular flexibility index (Phi) is 6.30. The summed E-state index contributed by atoms with van der Waals surface area (Å²) >= 11 is 7.62. The summed E-state index contributed by atoms with van der Waals surface area (Å²) in [5.74, 6) is 0.561. The molecule has 3 heterocycles. The topological polar surface area (TPSA) is 46.8 Å². The zero-order chi connectivity index (χ0) is 20.9. The van der Waals surface area contributed by atoms with Crippen LogP contribution in [-0.2, 0) is 0 Å². The third-order valence-corrected chi connectivity index (χ3v) is 5.76. The standard InChI is InChI=1S/C22H19ClFN5S/c1-28(18-8-10-25-11-9-18)12-13-30-22-27-15-20(16-2-4-17(24)5-3-16)29(22)19-6-7-21(23)26-14-19/h2-11,14-15H,12-13H2,1H3. The zero-order valence-corrected chi connectivity index (χ0v) is 17.8. The van der Waals surface area contributed by atoms with Crippen molar-refractivity contribution in [3.8, 4) is 16.9 Å². The van der Waals surface area contributed by atoms with Gasteiger partial charge in [-0.05, 0) is 48.5 Å². The fourth-order valence-electron chi connectivity index (χ4n) is 3.01. The molecule has 8 heteroatoms. The summed E-state index contributed by atoms with van der Waals surface area (Å²) in [6, 6.07) is 14.0. The van der Waals surface area contributed by atoms with Crippen LogP contribution in [0.5, 0.6) is 0 Å². The first-order valence-corrected chi connectivity index (χ1v) is 10.7. The Morgan fingerprint density at radius 3 is 2.47 bits per heavy atom. The van der Waals surface area contributed by atoms with E-state index in [4.69, 9.17) is 11.6 Å². The summed E-state index contributed by atoms with van der Waals surface area (Å²) in [7, 11) is 2.05. The van der Waals surface area contributed by atoms with Crippen LogP contribution in [0.1, 0.15) is 0 Å². The monoisotopic (exact) mass is 439 g/mol. The third-order valence-electron chi connectivity index (χ3n) is 4.60. The maximum Gasteiger partial charge on any atom is 0.173 e. The highest BCUT2D eigenvalue weighted by Gasteiger charge is 2.15. The molecular formula is C22H19ClFN5S. The molecule has 4 aromatic rings. The van der Waals surface area contributed by atoms with Gasteiger partial charge in [0.15, 0.2) is 5.16 Å². The molecule has 0 N–H and O–H groups in total. The number of halogens is 2. The maximum atomic E-state index is 13.4. The molecule has 0 aliphatic rings. The van der Waals surface area contributed by atoms with Gasteiger partial charge in [-0.3, -0.25) is 9.55 Å². The number of imidazole rings is 1. The zero-order valence-electron chi connectivity index (χ0n) is 16.2. The predicted molar refractivity (Wildman–Crippen MR) is 120 cm³/mol. The predicted octanol–water partition coefficient (Wildman–Crippen LogP) is 5.35. The van der Waals surface area contributed by atoms with Gasteiger partial charge in [-0.25, -0.2) is 14.4 Å². The molecule has 30 heavy (non-hydrogen) atoms. The van der Waals surface area contributed by atoms with Crippen molar-refractivity contribution in [2.75, 3.05) is 24.2 Å². The quantitative estimate of drug-likeness (QED) is 0.287. The average molecular weight is 440 g/mol. The van der Waals surface area contributed by atoms with E-state index in [1.54, 1.807) is 54.7 Å². The minimum atomic E-state index is -0.272. The number of aromatic nitrogens is 4. The molecule has 0 saturated heterocycles. The lowest BCUT2D eigenvalue weighted by Gasteiger charge is -2.18. The van der Waals surface area contributed by atoms with Crippen LogP contribution in [0, 0.1) is 5.82 Å². The van der Waals surface area contributed by atoms with Crippen molar-refractivity contribution >= 4 is 29.1 Å². The molecule has 0 unspecified atom stereocenters. The van der Waals surface area contributed by atoms with E-state index in [0.717, 1.165) is 40.1 Å². The van der Waals surface area contributed by atoms with E-state index in [1.165, 1.54) is 12.1 Å². The summed E-state index contributed by atoms with van der Waals surface area (Å²) in [6.45, 7) is 0.840. The van der Waals surface area contributed by atoms with Crippen LogP contribution < -0.4 is 4.90 Å². The summed E-state index contributed by atoms with van der Waals surface area (Å²) in [5, 5.41) is 1.26. The Bertz CT molecular complexity index is 1100. The smallest absolute Gasteiger partial charge is 0.173 e. The minimum Gasteiger partial charge on any atom is -0.374 e. The molecule has 1 aromatic carbocycles. The van der Waals surface area contributed by atoms with Crippen molar-refractivity contribution in [3.05, 3.63) is 84.3 Å². The van der Waals surface area contributed by atoms with E-state index in [9.17, 15) is 4.39 Å². The van der Waals surface area contributed by atoms with Crippen LogP contribution in [0.4, 0.5) is 10.1 Å². The van der Waals surface area contributed by atoms with Gasteiger partial charge in [0.1, 0.15) is 11.0 Å². The first-order chi connectivity index (χ1) is 14.6. The Balaban J connectivity index is 1.59. The van der Waals surface area contributed by atoms with Gasteiger partial charge < -0.3 is 4.90 Å². The number of hydrogen-bond donors (Lipinski definition) is 0. The van der Waals surface area contributed by atoms with E-state index >= 15 is 0 Å². The Morgan fingerprint density at radius 1 is 1.00 bits per heavy atom. The van der Waals surface area contributed by atoms with Crippen molar-refractivity contribution in [1.82, 2.24) is 19.5 Å². The highest BCUT2D eigenvalue weighted by molar-refractivity contribution is 7.99. The fraction of sp³-hybridized carbons (Fsp3) is 0.136. The number of pyridine rings is 2. The molecule has 0 aliphatic heterocycles. The van der Waals surface area contributed by atoms with Crippen molar-refractivity contribution in [2.45, 2.75) is 5.16 Å². The summed E-state index contributed by atoms with van der Waals surface area (Å²) in [4.78, 5) is 15.1. The van der Waals surface area contributed by atoms with Crippen LogP contribution in [0.3, 0.4) is 0 Å².